The molecule has 2 aromatic rings. The fraction of sp³-hybridized carbons (Fsp3) is 0.400. The van der Waals surface area contributed by atoms with Gasteiger partial charge in [-0.15, -0.1) is 0 Å². The molecule has 6 nitrogen and oxygen atoms in total. The summed E-state index contributed by atoms with van der Waals surface area (Å²) >= 11 is 6.00. The molecule has 27 heavy (non-hydrogen) atoms. The number of carbonyl (C=O) groups is 2. The lowest BCUT2D eigenvalue weighted by Gasteiger charge is -2.26. The van der Waals surface area contributed by atoms with Crippen LogP contribution in [0.2, 0.25) is 5.02 Å². The van der Waals surface area contributed by atoms with Crippen molar-refractivity contribution in [3.8, 4) is 0 Å². The van der Waals surface area contributed by atoms with E-state index in [0.29, 0.717) is 17.1 Å². The molecule has 1 aliphatic rings. The van der Waals surface area contributed by atoms with Gasteiger partial charge in [0.05, 0.1) is 22.9 Å². The second kappa shape index (κ2) is 9.58. The highest BCUT2D eigenvalue weighted by atomic mass is 35.5. The first-order valence-electron chi connectivity index (χ1n) is 9.22. The van der Waals surface area contributed by atoms with Crippen LogP contribution in [-0.2, 0) is 4.79 Å². The first kappa shape index (κ1) is 19.5. The largest absolute Gasteiger partial charge is 0.468 e. The highest BCUT2D eigenvalue weighted by Gasteiger charge is 2.25. The van der Waals surface area contributed by atoms with Crippen molar-refractivity contribution in [2.24, 2.45) is 0 Å². The van der Waals surface area contributed by atoms with Gasteiger partial charge < -0.3 is 15.1 Å². The summed E-state index contributed by atoms with van der Waals surface area (Å²) in [4.78, 5) is 26.6. The minimum atomic E-state index is -0.279. The standard InChI is InChI=1S/C20H24ClN3O3/c21-16-7-2-1-6-15(16)20(26)22-10-9-19(25)23-14-17(18-8-5-13-27-18)24-11-3-4-12-24/h1-2,5-8,13,17H,3-4,9-12,14H2,(H,22,26)(H,23,25)/t17-/m1/s1. The Bertz CT molecular complexity index is 758. The number of hydrogen-bond acceptors (Lipinski definition) is 4. The summed E-state index contributed by atoms with van der Waals surface area (Å²) in [7, 11) is 0. The highest BCUT2D eigenvalue weighted by molar-refractivity contribution is 6.33. The summed E-state index contributed by atoms with van der Waals surface area (Å²) in [6.45, 7) is 2.76. The van der Waals surface area contributed by atoms with Crippen molar-refractivity contribution in [2.45, 2.75) is 25.3 Å². The molecule has 3 rings (SSSR count). The van der Waals surface area contributed by atoms with Crippen LogP contribution in [-0.4, -0.2) is 42.9 Å². The van der Waals surface area contributed by atoms with Gasteiger partial charge in [-0.3, -0.25) is 14.5 Å². The van der Waals surface area contributed by atoms with Crippen LogP contribution in [0.3, 0.4) is 0 Å². The number of rotatable bonds is 8. The number of amides is 2. The normalized spacial score (nSPS) is 15.4. The fourth-order valence-electron chi connectivity index (χ4n) is 3.27. The van der Waals surface area contributed by atoms with E-state index in [1.807, 2.05) is 12.1 Å². The predicted molar refractivity (Wildman–Crippen MR) is 104 cm³/mol. The van der Waals surface area contributed by atoms with Gasteiger partial charge in [-0.25, -0.2) is 0 Å². The second-order valence-electron chi connectivity index (χ2n) is 6.56. The summed E-state index contributed by atoms with van der Waals surface area (Å²) < 4.78 is 5.55. The zero-order chi connectivity index (χ0) is 19.1. The first-order valence-corrected chi connectivity index (χ1v) is 9.60. The maximum absolute atomic E-state index is 12.2. The lowest BCUT2D eigenvalue weighted by molar-refractivity contribution is -0.121. The van der Waals surface area contributed by atoms with Gasteiger partial charge in [0.15, 0.2) is 0 Å². The Hall–Kier alpha value is -2.31. The number of benzene rings is 1. The van der Waals surface area contributed by atoms with E-state index in [1.165, 1.54) is 12.8 Å². The van der Waals surface area contributed by atoms with E-state index in [4.69, 9.17) is 16.0 Å². The van der Waals surface area contributed by atoms with Crippen LogP contribution in [0.25, 0.3) is 0 Å². The average molecular weight is 390 g/mol. The molecule has 2 N–H and O–H groups in total. The molecule has 1 aromatic heterocycles. The van der Waals surface area contributed by atoms with Gasteiger partial charge in [-0.1, -0.05) is 23.7 Å². The van der Waals surface area contributed by atoms with Crippen molar-refractivity contribution in [3.05, 3.63) is 59.0 Å². The highest BCUT2D eigenvalue weighted by Crippen LogP contribution is 2.24. The van der Waals surface area contributed by atoms with Crippen LogP contribution in [0.4, 0.5) is 0 Å². The van der Waals surface area contributed by atoms with Crippen LogP contribution in [0.1, 0.15) is 41.4 Å². The second-order valence-corrected chi connectivity index (χ2v) is 6.97. The first-order chi connectivity index (χ1) is 13.1. The topological polar surface area (TPSA) is 74.6 Å². The Morgan fingerprint density at radius 2 is 1.89 bits per heavy atom. The minimum absolute atomic E-state index is 0.0455. The Kier molecular flexibility index (Phi) is 6.90. The molecule has 0 aliphatic carbocycles. The fourth-order valence-corrected chi connectivity index (χ4v) is 3.49. The quantitative estimate of drug-likeness (QED) is 0.727. The van der Waals surface area contributed by atoms with Gasteiger partial charge in [0.1, 0.15) is 5.76 Å². The molecule has 2 heterocycles. The number of carbonyl (C=O) groups excluding carboxylic acids is 2. The molecule has 1 aromatic carbocycles. The van der Waals surface area contributed by atoms with Gasteiger partial charge in [0.25, 0.3) is 5.91 Å². The third kappa shape index (κ3) is 5.34. The molecule has 7 heteroatoms. The van der Waals surface area contributed by atoms with Crippen molar-refractivity contribution in [1.82, 2.24) is 15.5 Å². The third-order valence-corrected chi connectivity index (χ3v) is 5.03. The summed E-state index contributed by atoms with van der Waals surface area (Å²) in [6.07, 6.45) is 4.20. The van der Waals surface area contributed by atoms with E-state index in [1.54, 1.807) is 30.5 Å². The van der Waals surface area contributed by atoms with Crippen molar-refractivity contribution < 1.29 is 14.0 Å². The summed E-state index contributed by atoms with van der Waals surface area (Å²) in [5.74, 6) is 0.480. The van der Waals surface area contributed by atoms with E-state index in [2.05, 4.69) is 15.5 Å². The van der Waals surface area contributed by atoms with Crippen molar-refractivity contribution in [3.63, 3.8) is 0 Å². The van der Waals surface area contributed by atoms with Crippen LogP contribution < -0.4 is 10.6 Å². The minimum Gasteiger partial charge on any atom is -0.468 e. The van der Waals surface area contributed by atoms with Gasteiger partial charge in [-0.05, 0) is 50.2 Å². The van der Waals surface area contributed by atoms with Crippen LogP contribution in [0.15, 0.2) is 47.1 Å². The predicted octanol–water partition coefficient (Wildman–Crippen LogP) is 3.01. The molecule has 1 aliphatic heterocycles. The zero-order valence-corrected chi connectivity index (χ0v) is 15.9. The molecule has 0 unspecified atom stereocenters. The molecule has 2 amide bonds. The summed E-state index contributed by atoms with van der Waals surface area (Å²) in [5, 5.41) is 6.08. The van der Waals surface area contributed by atoms with E-state index in [9.17, 15) is 9.59 Å². The molecular weight excluding hydrogens is 366 g/mol. The monoisotopic (exact) mass is 389 g/mol. The van der Waals surface area contributed by atoms with Crippen molar-refractivity contribution in [2.75, 3.05) is 26.2 Å². The zero-order valence-electron chi connectivity index (χ0n) is 15.1. The van der Waals surface area contributed by atoms with Gasteiger partial charge >= 0.3 is 0 Å². The number of nitrogens with zero attached hydrogens (tertiary/aromatic N) is 1. The molecule has 1 saturated heterocycles. The molecule has 0 spiro atoms. The van der Waals surface area contributed by atoms with Crippen molar-refractivity contribution in [1.29, 1.82) is 0 Å². The molecule has 1 fully saturated rings. The van der Waals surface area contributed by atoms with Gasteiger partial charge in [0, 0.05) is 19.5 Å². The molecule has 0 radical (unpaired) electrons. The number of likely N-dealkylation sites (tertiary alicyclic amines) is 1. The maximum atomic E-state index is 12.2. The van der Waals surface area contributed by atoms with E-state index >= 15 is 0 Å². The molecule has 1 atom stereocenters. The molecule has 0 saturated carbocycles. The van der Waals surface area contributed by atoms with Crippen LogP contribution in [0.5, 0.6) is 0 Å². The van der Waals surface area contributed by atoms with Crippen LogP contribution in [0, 0.1) is 0 Å². The lowest BCUT2D eigenvalue weighted by atomic mass is 10.2. The van der Waals surface area contributed by atoms with E-state index in [0.717, 1.165) is 18.8 Å². The van der Waals surface area contributed by atoms with Crippen LogP contribution >= 0.6 is 11.6 Å². The van der Waals surface area contributed by atoms with Gasteiger partial charge in [-0.2, -0.15) is 0 Å². The number of hydrogen-bond donors (Lipinski definition) is 2. The average Bonchev–Trinajstić information content (AvgIpc) is 3.37. The maximum Gasteiger partial charge on any atom is 0.252 e. The number of nitrogens with one attached hydrogen (secondary N) is 2. The summed E-state index contributed by atoms with van der Waals surface area (Å²) in [6, 6.07) is 10.7. The molecule has 0 bridgehead atoms. The Labute approximate surface area is 163 Å². The van der Waals surface area contributed by atoms with Crippen molar-refractivity contribution >= 4 is 23.4 Å². The SMILES string of the molecule is O=C(CCNC(=O)c1ccccc1Cl)NC[C@H](c1ccco1)N1CCCC1. The summed E-state index contributed by atoms with van der Waals surface area (Å²) in [5.41, 5.74) is 0.409. The Morgan fingerprint density at radius 3 is 2.59 bits per heavy atom. The molecular formula is C20H24ClN3O3. The molecule has 144 valence electrons. The van der Waals surface area contributed by atoms with Gasteiger partial charge in [0.2, 0.25) is 5.91 Å². The third-order valence-electron chi connectivity index (χ3n) is 4.70. The van der Waals surface area contributed by atoms with E-state index < -0.39 is 0 Å². The lowest BCUT2D eigenvalue weighted by Crippen LogP contribution is -2.38. The Morgan fingerprint density at radius 1 is 1.11 bits per heavy atom. The number of halogens is 1. The smallest absolute Gasteiger partial charge is 0.252 e. The number of furan rings is 1. The Balaban J connectivity index is 1.44. The van der Waals surface area contributed by atoms with E-state index in [-0.39, 0.29) is 30.8 Å².